The summed E-state index contributed by atoms with van der Waals surface area (Å²) in [5, 5.41) is 4.72. The van der Waals surface area contributed by atoms with Gasteiger partial charge >= 0.3 is 0 Å². The number of nitrogens with one attached hydrogen (secondary N) is 1. The van der Waals surface area contributed by atoms with Gasteiger partial charge in [0.2, 0.25) is 0 Å². The van der Waals surface area contributed by atoms with Crippen LogP contribution in [0.5, 0.6) is 0 Å². The van der Waals surface area contributed by atoms with Crippen molar-refractivity contribution < 1.29 is 0 Å². The Bertz CT molecular complexity index is 284. The van der Waals surface area contributed by atoms with E-state index >= 15 is 0 Å². The van der Waals surface area contributed by atoms with Gasteiger partial charge in [-0.3, -0.25) is 5.43 Å². The minimum absolute atomic E-state index is 0.691. The van der Waals surface area contributed by atoms with Gasteiger partial charge in [-0.15, -0.1) is 0 Å². The molecule has 0 bridgehead atoms. The summed E-state index contributed by atoms with van der Waals surface area (Å²) in [7, 11) is 0. The van der Waals surface area contributed by atoms with Crippen molar-refractivity contribution in [3.05, 3.63) is 29.3 Å². The maximum Gasteiger partial charge on any atom is 0.0747 e. The average molecular weight is 197 g/mol. The van der Waals surface area contributed by atoms with Crippen molar-refractivity contribution in [3.8, 4) is 0 Å². The second-order valence-corrected chi connectivity index (χ2v) is 3.10. The summed E-state index contributed by atoms with van der Waals surface area (Å²) in [4.78, 5) is 0. The molecule has 0 aliphatic carbocycles. The van der Waals surface area contributed by atoms with Crippen molar-refractivity contribution >= 4 is 23.5 Å². The SMILES string of the molecule is CCC/C=N/Nc1ccccc1Cl. The van der Waals surface area contributed by atoms with Gasteiger partial charge in [-0.1, -0.05) is 37.1 Å². The van der Waals surface area contributed by atoms with Crippen molar-refractivity contribution in [2.45, 2.75) is 19.8 Å². The van der Waals surface area contributed by atoms with E-state index < -0.39 is 0 Å². The summed E-state index contributed by atoms with van der Waals surface area (Å²) in [5.74, 6) is 0. The number of hydrazone groups is 1. The summed E-state index contributed by atoms with van der Waals surface area (Å²) in [5.41, 5.74) is 3.73. The van der Waals surface area contributed by atoms with E-state index in [1.807, 2.05) is 30.5 Å². The topological polar surface area (TPSA) is 24.4 Å². The van der Waals surface area contributed by atoms with Crippen LogP contribution in [0.4, 0.5) is 5.69 Å². The highest BCUT2D eigenvalue weighted by molar-refractivity contribution is 6.33. The smallest absolute Gasteiger partial charge is 0.0747 e. The van der Waals surface area contributed by atoms with Crippen LogP contribution in [0.1, 0.15) is 19.8 Å². The zero-order valence-corrected chi connectivity index (χ0v) is 8.38. The van der Waals surface area contributed by atoms with E-state index in [-0.39, 0.29) is 0 Å². The third-order valence-electron chi connectivity index (χ3n) is 1.57. The Morgan fingerprint density at radius 2 is 2.23 bits per heavy atom. The lowest BCUT2D eigenvalue weighted by atomic mass is 10.3. The number of rotatable bonds is 4. The van der Waals surface area contributed by atoms with Crippen molar-refractivity contribution in [2.75, 3.05) is 5.43 Å². The third-order valence-corrected chi connectivity index (χ3v) is 1.90. The van der Waals surface area contributed by atoms with Crippen LogP contribution in [0.2, 0.25) is 5.02 Å². The molecule has 0 radical (unpaired) electrons. The number of benzene rings is 1. The Kier molecular flexibility index (Phi) is 4.33. The largest absolute Gasteiger partial charge is 0.277 e. The maximum absolute atomic E-state index is 5.90. The predicted molar refractivity (Wildman–Crippen MR) is 58.5 cm³/mol. The average Bonchev–Trinajstić information content (AvgIpc) is 2.15. The number of hydrogen-bond acceptors (Lipinski definition) is 2. The van der Waals surface area contributed by atoms with Crippen LogP contribution in [0.15, 0.2) is 29.4 Å². The van der Waals surface area contributed by atoms with Crippen LogP contribution in [-0.4, -0.2) is 6.21 Å². The van der Waals surface area contributed by atoms with E-state index in [4.69, 9.17) is 11.6 Å². The number of hydrogen-bond donors (Lipinski definition) is 1. The molecule has 1 aromatic carbocycles. The molecule has 13 heavy (non-hydrogen) atoms. The van der Waals surface area contributed by atoms with Gasteiger partial charge in [-0.05, 0) is 18.6 Å². The summed E-state index contributed by atoms with van der Waals surface area (Å²) < 4.78 is 0. The molecule has 0 saturated carbocycles. The Morgan fingerprint density at radius 1 is 1.46 bits per heavy atom. The number of unbranched alkanes of at least 4 members (excludes halogenated alkanes) is 1. The molecule has 0 heterocycles. The Labute approximate surface area is 83.6 Å². The first-order valence-corrected chi connectivity index (χ1v) is 4.74. The highest BCUT2D eigenvalue weighted by atomic mass is 35.5. The fraction of sp³-hybridized carbons (Fsp3) is 0.300. The minimum Gasteiger partial charge on any atom is -0.277 e. The van der Waals surface area contributed by atoms with Crippen molar-refractivity contribution in [1.82, 2.24) is 0 Å². The molecule has 0 unspecified atom stereocenters. The summed E-state index contributed by atoms with van der Waals surface area (Å²) in [6.45, 7) is 2.11. The van der Waals surface area contributed by atoms with Crippen molar-refractivity contribution in [2.24, 2.45) is 5.10 Å². The molecule has 0 aliphatic heterocycles. The first-order valence-electron chi connectivity index (χ1n) is 4.36. The van der Waals surface area contributed by atoms with E-state index in [0.717, 1.165) is 18.5 Å². The molecular formula is C10H13ClN2. The third kappa shape index (κ3) is 3.47. The van der Waals surface area contributed by atoms with Gasteiger partial charge in [0, 0.05) is 6.21 Å². The molecule has 1 N–H and O–H groups in total. The zero-order valence-electron chi connectivity index (χ0n) is 7.63. The predicted octanol–water partition coefficient (Wildman–Crippen LogP) is 3.54. The molecule has 1 rings (SSSR count). The van der Waals surface area contributed by atoms with Gasteiger partial charge in [0.25, 0.3) is 0 Å². The second-order valence-electron chi connectivity index (χ2n) is 2.69. The molecule has 2 nitrogen and oxygen atoms in total. The van der Waals surface area contributed by atoms with E-state index in [2.05, 4.69) is 17.5 Å². The number of para-hydroxylation sites is 1. The highest BCUT2D eigenvalue weighted by Crippen LogP contribution is 2.19. The number of nitrogens with zero attached hydrogens (tertiary/aromatic N) is 1. The number of halogens is 1. The first-order chi connectivity index (χ1) is 6.34. The molecule has 3 heteroatoms. The summed E-state index contributed by atoms with van der Waals surface area (Å²) in [6, 6.07) is 7.54. The lowest BCUT2D eigenvalue weighted by Crippen LogP contribution is -1.89. The quantitative estimate of drug-likeness (QED) is 0.578. The van der Waals surface area contributed by atoms with Gasteiger partial charge in [-0.25, -0.2) is 0 Å². The van der Waals surface area contributed by atoms with Crippen molar-refractivity contribution in [3.63, 3.8) is 0 Å². The normalized spacial score (nSPS) is 10.6. The van der Waals surface area contributed by atoms with Crippen LogP contribution in [0.3, 0.4) is 0 Å². The van der Waals surface area contributed by atoms with Crippen molar-refractivity contribution in [1.29, 1.82) is 0 Å². The Morgan fingerprint density at radius 3 is 2.92 bits per heavy atom. The fourth-order valence-electron chi connectivity index (χ4n) is 0.861. The van der Waals surface area contributed by atoms with Crippen LogP contribution < -0.4 is 5.43 Å². The molecule has 0 fully saturated rings. The Balaban J connectivity index is 2.49. The van der Waals surface area contributed by atoms with Crippen LogP contribution in [0, 0.1) is 0 Å². The number of anilines is 1. The lowest BCUT2D eigenvalue weighted by molar-refractivity contribution is 1.00. The van der Waals surface area contributed by atoms with E-state index in [1.165, 1.54) is 0 Å². The second kappa shape index (κ2) is 5.60. The van der Waals surface area contributed by atoms with Gasteiger partial charge in [-0.2, -0.15) is 5.10 Å². The molecule has 0 aliphatic rings. The van der Waals surface area contributed by atoms with E-state index in [0.29, 0.717) is 5.02 Å². The van der Waals surface area contributed by atoms with Crippen LogP contribution >= 0.6 is 11.6 Å². The monoisotopic (exact) mass is 196 g/mol. The molecular weight excluding hydrogens is 184 g/mol. The minimum atomic E-state index is 0.691. The zero-order chi connectivity index (χ0) is 9.52. The standard InChI is InChI=1S/C10H13ClN2/c1-2-3-8-12-13-10-7-5-4-6-9(10)11/h4-8,13H,2-3H2,1H3/b12-8+. The van der Waals surface area contributed by atoms with Crippen LogP contribution in [-0.2, 0) is 0 Å². The first kappa shape index (κ1) is 10.1. The van der Waals surface area contributed by atoms with Gasteiger partial charge in [0.05, 0.1) is 10.7 Å². The lowest BCUT2D eigenvalue weighted by Gasteiger charge is -2.00. The van der Waals surface area contributed by atoms with E-state index in [9.17, 15) is 0 Å². The molecule has 1 aromatic rings. The molecule has 0 spiro atoms. The van der Waals surface area contributed by atoms with Gasteiger partial charge in [0.15, 0.2) is 0 Å². The van der Waals surface area contributed by atoms with E-state index in [1.54, 1.807) is 0 Å². The molecule has 0 saturated heterocycles. The Hall–Kier alpha value is -1.02. The highest BCUT2D eigenvalue weighted by Gasteiger charge is 1.93. The maximum atomic E-state index is 5.90. The summed E-state index contributed by atoms with van der Waals surface area (Å²) in [6.07, 6.45) is 3.94. The molecule has 70 valence electrons. The fourth-order valence-corrected chi connectivity index (χ4v) is 1.04. The molecule has 0 amide bonds. The molecule has 0 aromatic heterocycles. The van der Waals surface area contributed by atoms with Gasteiger partial charge in [0.1, 0.15) is 0 Å². The van der Waals surface area contributed by atoms with Gasteiger partial charge < -0.3 is 0 Å². The summed E-state index contributed by atoms with van der Waals surface area (Å²) >= 11 is 5.90. The van der Waals surface area contributed by atoms with Crippen LogP contribution in [0.25, 0.3) is 0 Å². The molecule has 0 atom stereocenters.